The van der Waals surface area contributed by atoms with Gasteiger partial charge in [0.25, 0.3) is 6.43 Å². The molecule has 212 valence electrons. The smallest absolute Gasteiger partial charge is 0.291 e. The predicted molar refractivity (Wildman–Crippen MR) is 142 cm³/mol. The van der Waals surface area contributed by atoms with E-state index in [0.717, 1.165) is 0 Å². The van der Waals surface area contributed by atoms with Crippen LogP contribution in [0.3, 0.4) is 0 Å². The number of carbonyl (C=O) groups is 1. The lowest BCUT2D eigenvalue weighted by Gasteiger charge is -2.42. The Labute approximate surface area is 233 Å². The number of halogens is 3. The second-order valence-electron chi connectivity index (χ2n) is 10.4. The number of nitrogens with zero attached hydrogens (tertiary/aromatic N) is 6. The van der Waals surface area contributed by atoms with E-state index in [9.17, 15) is 22.0 Å². The molecule has 5 heterocycles. The highest BCUT2D eigenvalue weighted by atomic mass is 35.5. The molecule has 0 spiro atoms. The summed E-state index contributed by atoms with van der Waals surface area (Å²) in [4.78, 5) is 20.8. The second kappa shape index (κ2) is 10.2. The molecule has 1 N–H and O–H groups in total. The molecule has 0 radical (unpaired) electrons. The minimum Gasteiger partial charge on any atom is -0.377 e. The fourth-order valence-corrected chi connectivity index (χ4v) is 7.11. The van der Waals surface area contributed by atoms with Crippen molar-refractivity contribution < 1.29 is 26.7 Å². The number of ether oxygens (including phenoxy) is 1. The number of sulfonamides is 1. The van der Waals surface area contributed by atoms with Crippen LogP contribution in [0.4, 0.5) is 14.5 Å². The zero-order chi connectivity index (χ0) is 28.3. The molecule has 3 aromatic heterocycles. The maximum Gasteiger partial charge on any atom is 0.291 e. The van der Waals surface area contributed by atoms with Crippen LogP contribution in [0.1, 0.15) is 39.1 Å². The van der Waals surface area contributed by atoms with Crippen molar-refractivity contribution >= 4 is 50.1 Å². The van der Waals surface area contributed by atoms with Gasteiger partial charge in [-0.15, -0.1) is 10.2 Å². The van der Waals surface area contributed by atoms with Gasteiger partial charge in [0.2, 0.25) is 15.9 Å². The van der Waals surface area contributed by atoms with Gasteiger partial charge in [-0.2, -0.15) is 0 Å². The van der Waals surface area contributed by atoms with Crippen LogP contribution in [-0.2, 0) is 19.6 Å². The molecule has 5 rings (SSSR count). The fourth-order valence-electron chi connectivity index (χ4n) is 4.77. The average molecular weight is 604 g/mol. The third-order valence-corrected chi connectivity index (χ3v) is 9.54. The summed E-state index contributed by atoms with van der Waals surface area (Å²) in [5.74, 6) is -0.0175. The highest BCUT2D eigenvalue weighted by molar-refractivity contribution is 7.89. The Morgan fingerprint density at radius 1 is 1.28 bits per heavy atom. The van der Waals surface area contributed by atoms with Gasteiger partial charge < -0.3 is 14.5 Å². The number of nitrogens with one attached hydrogen (secondary N) is 1. The molecule has 2 fully saturated rings. The van der Waals surface area contributed by atoms with Gasteiger partial charge in [0.1, 0.15) is 10.4 Å². The molecule has 1 amide bonds. The molecule has 0 bridgehead atoms. The van der Waals surface area contributed by atoms with E-state index >= 15 is 0 Å². The van der Waals surface area contributed by atoms with Gasteiger partial charge in [0.15, 0.2) is 21.0 Å². The molecule has 0 unspecified atom stereocenters. The monoisotopic (exact) mass is 603 g/mol. The fraction of sp³-hybridized carbons (Fsp3) is 0.565. The van der Waals surface area contributed by atoms with Crippen molar-refractivity contribution in [2.75, 3.05) is 37.7 Å². The van der Waals surface area contributed by atoms with Crippen molar-refractivity contribution in [2.45, 2.75) is 50.6 Å². The summed E-state index contributed by atoms with van der Waals surface area (Å²) in [7, 11) is -4.04. The highest BCUT2D eigenvalue weighted by Gasteiger charge is 2.39. The number of carbonyl (C=O) groups excluding carboxylic acids is 1. The molecule has 0 aromatic carbocycles. The summed E-state index contributed by atoms with van der Waals surface area (Å²) in [5.41, 5.74) is 0.124. The molecule has 2 aliphatic rings. The number of piperazine rings is 1. The van der Waals surface area contributed by atoms with Gasteiger partial charge in [-0.05, 0) is 19.9 Å². The number of aromatic nitrogens is 4. The van der Waals surface area contributed by atoms with Crippen molar-refractivity contribution in [3.63, 3.8) is 0 Å². The first-order chi connectivity index (χ1) is 18.3. The summed E-state index contributed by atoms with van der Waals surface area (Å²) in [6.07, 6.45) is -1.46. The number of fused-ring (bicyclic) bond motifs is 1. The van der Waals surface area contributed by atoms with E-state index in [0.29, 0.717) is 42.2 Å². The maximum atomic E-state index is 13.5. The zero-order valence-electron chi connectivity index (χ0n) is 21.7. The van der Waals surface area contributed by atoms with Crippen LogP contribution in [0.2, 0.25) is 5.15 Å². The lowest BCUT2D eigenvalue weighted by atomic mass is 10.0. The standard InChI is InChI=1S/C23H28ClF2N7O4S2/c1-12(2)22(34)32-6-5-31(8-13(32)3)15-7-14(39(35,36)30-23(4)10-37-11-23)9-33-16(15)17(24)27-19(33)21-29-28-20(38-21)18(25)26/h7,9,12-13,18,30H,5-6,8,10-11H2,1-4H3/t13-/m1/s1. The van der Waals surface area contributed by atoms with Crippen molar-refractivity contribution in [2.24, 2.45) is 5.92 Å². The molecule has 0 aliphatic carbocycles. The summed E-state index contributed by atoms with van der Waals surface area (Å²) < 4.78 is 62.9. The summed E-state index contributed by atoms with van der Waals surface area (Å²) >= 11 is 7.24. The number of imidazole rings is 1. The SMILES string of the molecule is CC(C)C(=O)N1CCN(c2cc(S(=O)(=O)NC3(C)COC3)cn3c(-c4nnc(C(F)F)s4)nc(Cl)c23)C[C@H]1C. The van der Waals surface area contributed by atoms with E-state index in [2.05, 4.69) is 19.9 Å². The normalized spacial score (nSPS) is 19.8. The first kappa shape index (κ1) is 28.1. The quantitative estimate of drug-likeness (QED) is 0.437. The van der Waals surface area contributed by atoms with E-state index in [1.165, 1.54) is 16.7 Å². The molecule has 1 atom stereocenters. The van der Waals surface area contributed by atoms with Crippen molar-refractivity contribution in [3.8, 4) is 10.8 Å². The number of hydrogen-bond acceptors (Lipinski definition) is 9. The Balaban J connectivity index is 1.63. The van der Waals surface area contributed by atoms with Crippen LogP contribution in [0.15, 0.2) is 17.2 Å². The molecule has 0 saturated carbocycles. The maximum absolute atomic E-state index is 13.5. The van der Waals surface area contributed by atoms with E-state index in [1.54, 1.807) is 6.92 Å². The van der Waals surface area contributed by atoms with Gasteiger partial charge in [-0.3, -0.25) is 9.20 Å². The Bertz CT molecular complexity index is 1520. The molecule has 3 aromatic rings. The molecule has 11 nitrogen and oxygen atoms in total. The van der Waals surface area contributed by atoms with Crippen molar-refractivity contribution in [3.05, 3.63) is 22.4 Å². The lowest BCUT2D eigenvalue weighted by Crippen LogP contribution is -2.59. The highest BCUT2D eigenvalue weighted by Crippen LogP contribution is 2.37. The summed E-state index contributed by atoms with van der Waals surface area (Å²) in [5, 5.41) is 7.03. The topological polar surface area (TPSA) is 122 Å². The van der Waals surface area contributed by atoms with Gasteiger partial charge in [0.05, 0.1) is 24.4 Å². The number of rotatable bonds is 7. The molecule has 2 aliphatic heterocycles. The number of pyridine rings is 1. The first-order valence-corrected chi connectivity index (χ1v) is 15.0. The Kier molecular flexibility index (Phi) is 7.33. The van der Waals surface area contributed by atoms with E-state index < -0.39 is 27.0 Å². The van der Waals surface area contributed by atoms with Crippen LogP contribution in [0.5, 0.6) is 0 Å². The third kappa shape index (κ3) is 5.22. The summed E-state index contributed by atoms with van der Waals surface area (Å²) in [6.45, 7) is 9.10. The average Bonchev–Trinajstić information content (AvgIpc) is 3.47. The number of anilines is 1. The van der Waals surface area contributed by atoms with Gasteiger partial charge in [-0.25, -0.2) is 26.9 Å². The molecule has 39 heavy (non-hydrogen) atoms. The zero-order valence-corrected chi connectivity index (χ0v) is 24.1. The van der Waals surface area contributed by atoms with Gasteiger partial charge in [-0.1, -0.05) is 36.8 Å². The van der Waals surface area contributed by atoms with Crippen LogP contribution >= 0.6 is 22.9 Å². The Morgan fingerprint density at radius 3 is 2.56 bits per heavy atom. The molecular weight excluding hydrogens is 576 g/mol. The number of alkyl halides is 2. The van der Waals surface area contributed by atoms with E-state index in [4.69, 9.17) is 16.3 Å². The predicted octanol–water partition coefficient (Wildman–Crippen LogP) is 3.20. The third-order valence-electron chi connectivity index (χ3n) is 6.74. The second-order valence-corrected chi connectivity index (χ2v) is 13.4. The van der Waals surface area contributed by atoms with Gasteiger partial charge >= 0.3 is 0 Å². The first-order valence-electron chi connectivity index (χ1n) is 12.3. The largest absolute Gasteiger partial charge is 0.377 e. The van der Waals surface area contributed by atoms with Crippen molar-refractivity contribution in [1.82, 2.24) is 29.2 Å². The minimum absolute atomic E-state index is 0.0413. The summed E-state index contributed by atoms with van der Waals surface area (Å²) in [6, 6.07) is 1.37. The van der Waals surface area contributed by atoms with Gasteiger partial charge in [0, 0.05) is 37.8 Å². The van der Waals surface area contributed by atoms with E-state index in [1.807, 2.05) is 30.6 Å². The van der Waals surface area contributed by atoms with Crippen LogP contribution in [0, 0.1) is 5.92 Å². The van der Waals surface area contributed by atoms with Crippen LogP contribution in [0.25, 0.3) is 16.3 Å². The molecule has 16 heteroatoms. The number of hydrogen-bond donors (Lipinski definition) is 1. The lowest BCUT2D eigenvalue weighted by molar-refractivity contribution is -0.136. The van der Waals surface area contributed by atoms with Crippen molar-refractivity contribution in [1.29, 1.82) is 0 Å². The molecular formula is C23H28ClF2N7O4S2. The Hall–Kier alpha value is -2.46. The van der Waals surface area contributed by atoms with Crippen LogP contribution in [-0.4, -0.2) is 83.2 Å². The Morgan fingerprint density at radius 2 is 2.00 bits per heavy atom. The molecule has 2 saturated heterocycles. The minimum atomic E-state index is -4.04. The van der Waals surface area contributed by atoms with E-state index in [-0.39, 0.29) is 52.0 Å². The number of amides is 1. The van der Waals surface area contributed by atoms with Crippen LogP contribution < -0.4 is 9.62 Å².